The van der Waals surface area contributed by atoms with Crippen LogP contribution in [0, 0.1) is 0 Å². The molecular weight excluding hydrogens is 530 g/mol. The predicted molar refractivity (Wildman–Crippen MR) is 158 cm³/mol. The molecule has 1 saturated heterocycles. The van der Waals surface area contributed by atoms with Crippen molar-refractivity contribution in [3.8, 4) is 5.75 Å². The van der Waals surface area contributed by atoms with Crippen molar-refractivity contribution in [2.24, 2.45) is 4.99 Å². The van der Waals surface area contributed by atoms with Crippen molar-refractivity contribution in [2.75, 3.05) is 12.0 Å². The number of amides is 1. The van der Waals surface area contributed by atoms with E-state index in [1.54, 1.807) is 7.11 Å². The highest BCUT2D eigenvalue weighted by Crippen LogP contribution is 2.36. The zero-order chi connectivity index (χ0) is 27.7. The third-order valence-electron chi connectivity index (χ3n) is 7.19. The van der Waals surface area contributed by atoms with E-state index in [0.29, 0.717) is 11.6 Å². The van der Waals surface area contributed by atoms with Gasteiger partial charge in [-0.05, 0) is 61.1 Å². The molecule has 204 valence electrons. The molecular formula is C29H34ClN5O3Si. The number of aliphatic imine (C=N–C) groups is 1. The van der Waals surface area contributed by atoms with Crippen LogP contribution in [0.3, 0.4) is 0 Å². The highest BCUT2D eigenvalue weighted by molar-refractivity contribution is 6.83. The fourth-order valence-electron chi connectivity index (χ4n) is 5.11. The third-order valence-corrected chi connectivity index (χ3v) is 9.16. The molecule has 2 aliphatic heterocycles. The van der Waals surface area contributed by atoms with Gasteiger partial charge in [0.15, 0.2) is 0 Å². The first-order valence-electron chi connectivity index (χ1n) is 13.0. The van der Waals surface area contributed by atoms with E-state index < -0.39 is 8.32 Å². The molecule has 1 amide bonds. The summed E-state index contributed by atoms with van der Waals surface area (Å²) in [6.07, 6.45) is -0.0847. The van der Waals surface area contributed by atoms with Crippen LogP contribution >= 0.6 is 11.6 Å². The molecule has 0 radical (unpaired) electrons. The third kappa shape index (κ3) is 5.87. The monoisotopic (exact) mass is 563 g/mol. The molecule has 0 aromatic heterocycles. The van der Waals surface area contributed by atoms with E-state index in [2.05, 4.69) is 28.0 Å². The molecule has 8 nitrogen and oxygen atoms in total. The summed E-state index contributed by atoms with van der Waals surface area (Å²) in [6, 6.07) is 21.0. The molecule has 39 heavy (non-hydrogen) atoms. The van der Waals surface area contributed by atoms with E-state index in [1.165, 1.54) is 0 Å². The second-order valence-electron chi connectivity index (χ2n) is 10.5. The van der Waals surface area contributed by atoms with Gasteiger partial charge in [-0.1, -0.05) is 48.0 Å². The van der Waals surface area contributed by atoms with Crippen LogP contribution in [0.25, 0.3) is 0 Å². The number of fused-ring (bicyclic) bond motifs is 3. The fraction of sp³-hybridized carbons (Fsp3) is 0.310. The van der Waals surface area contributed by atoms with Crippen molar-refractivity contribution in [1.82, 2.24) is 16.2 Å². The second kappa shape index (κ2) is 11.1. The Morgan fingerprint density at radius 3 is 2.62 bits per heavy atom. The Morgan fingerprint density at radius 1 is 1.13 bits per heavy atom. The van der Waals surface area contributed by atoms with Crippen LogP contribution in [0.2, 0.25) is 18.1 Å². The molecule has 2 unspecified atom stereocenters. The number of carbonyl (C=O) groups is 1. The summed E-state index contributed by atoms with van der Waals surface area (Å²) >= 11 is 6.19. The first-order chi connectivity index (χ1) is 18.6. The topological polar surface area (TPSA) is 98.2 Å². The highest BCUT2D eigenvalue weighted by Gasteiger charge is 2.40. The number of hydrogen-bond donors (Lipinski definition) is 4. The Hall–Kier alpha value is -3.21. The molecule has 3 atom stereocenters. The Morgan fingerprint density at radius 2 is 1.90 bits per heavy atom. The zero-order valence-electron chi connectivity index (χ0n) is 22.5. The summed E-state index contributed by atoms with van der Waals surface area (Å²) in [5.74, 6) is 0.627. The summed E-state index contributed by atoms with van der Waals surface area (Å²) < 4.78 is 5.55. The first kappa shape index (κ1) is 27.4. The lowest BCUT2D eigenvalue weighted by atomic mass is 9.99. The average Bonchev–Trinajstić information content (AvgIpc) is 3.24. The summed E-state index contributed by atoms with van der Waals surface area (Å²) in [5, 5.41) is 4.64. The van der Waals surface area contributed by atoms with Gasteiger partial charge in [-0.2, -0.15) is 0 Å². The van der Waals surface area contributed by atoms with Gasteiger partial charge in [0.1, 0.15) is 11.9 Å². The van der Waals surface area contributed by atoms with Crippen LogP contribution < -0.4 is 31.0 Å². The number of halogens is 1. The lowest BCUT2D eigenvalue weighted by Crippen LogP contribution is -2.47. The maximum atomic E-state index is 13.3. The van der Waals surface area contributed by atoms with Crippen molar-refractivity contribution >= 4 is 42.4 Å². The van der Waals surface area contributed by atoms with Gasteiger partial charge < -0.3 is 19.7 Å². The standard InChI is InChI=1S/C29H34ClN5O3Si/c1-18-33-34-29-25(16-27(36)31-17-19-6-5-7-23(14-19)39(3,4)37)32-28(20-8-10-21(30)11-9-20)24-15-22(38-2)12-13-26(24)35(18)29/h5-15,18,25,29,33-34,37H,16-17H2,1-4H3,(H,31,36)/t18?,25-,29?/m0/s1. The normalized spacial score (nSPS) is 20.5. The lowest BCUT2D eigenvalue weighted by Gasteiger charge is -2.31. The highest BCUT2D eigenvalue weighted by atomic mass is 35.5. The van der Waals surface area contributed by atoms with Gasteiger partial charge >= 0.3 is 0 Å². The minimum atomic E-state index is -2.43. The van der Waals surface area contributed by atoms with Crippen LogP contribution in [-0.2, 0) is 11.3 Å². The maximum Gasteiger partial charge on any atom is 0.222 e. The van der Waals surface area contributed by atoms with Crippen molar-refractivity contribution in [3.63, 3.8) is 0 Å². The van der Waals surface area contributed by atoms with Gasteiger partial charge in [-0.25, -0.2) is 10.9 Å². The van der Waals surface area contributed by atoms with Gasteiger partial charge in [0, 0.05) is 28.4 Å². The summed E-state index contributed by atoms with van der Waals surface area (Å²) in [4.78, 5) is 31.2. The Bertz CT molecular complexity index is 1390. The van der Waals surface area contributed by atoms with Gasteiger partial charge in [0.25, 0.3) is 0 Å². The number of ether oxygens (including phenoxy) is 1. The molecule has 0 saturated carbocycles. The molecule has 0 aliphatic carbocycles. The number of anilines is 1. The number of carbonyl (C=O) groups excluding carboxylic acids is 1. The number of benzene rings is 3. The number of nitrogens with one attached hydrogen (secondary N) is 3. The molecule has 5 rings (SSSR count). The van der Waals surface area contributed by atoms with Crippen LogP contribution in [0.5, 0.6) is 5.75 Å². The van der Waals surface area contributed by atoms with E-state index in [1.807, 2.05) is 79.8 Å². The molecule has 4 N–H and O–H groups in total. The largest absolute Gasteiger partial charge is 0.497 e. The van der Waals surface area contributed by atoms with Gasteiger partial charge in [-0.3, -0.25) is 9.79 Å². The summed E-state index contributed by atoms with van der Waals surface area (Å²) in [7, 11) is -0.786. The smallest absolute Gasteiger partial charge is 0.222 e. The second-order valence-corrected chi connectivity index (χ2v) is 14.6. The molecule has 2 heterocycles. The Kier molecular flexibility index (Phi) is 7.79. The van der Waals surface area contributed by atoms with Crippen LogP contribution in [-0.4, -0.2) is 50.2 Å². The lowest BCUT2D eigenvalue weighted by molar-refractivity contribution is -0.121. The predicted octanol–water partition coefficient (Wildman–Crippen LogP) is 3.27. The minimum Gasteiger partial charge on any atom is -0.497 e. The number of hydrazine groups is 1. The summed E-state index contributed by atoms with van der Waals surface area (Å²) in [5.41, 5.74) is 11.2. The van der Waals surface area contributed by atoms with Crippen molar-refractivity contribution in [1.29, 1.82) is 0 Å². The SMILES string of the molecule is COc1ccc2c(c1)C(c1ccc(Cl)cc1)=N[C@@H](CC(=O)NCc1cccc([Si](C)(C)O)c1)C1NNC(C)N21. The molecule has 2 aliphatic rings. The Labute approximate surface area is 235 Å². The molecule has 1 fully saturated rings. The number of nitrogens with zero attached hydrogens (tertiary/aromatic N) is 2. The Balaban J connectivity index is 1.46. The van der Waals surface area contributed by atoms with E-state index in [9.17, 15) is 9.59 Å². The van der Waals surface area contributed by atoms with Crippen molar-refractivity contribution in [2.45, 2.75) is 51.4 Å². The van der Waals surface area contributed by atoms with Crippen molar-refractivity contribution in [3.05, 3.63) is 88.4 Å². The number of hydrogen-bond acceptors (Lipinski definition) is 7. The molecule has 0 bridgehead atoms. The maximum absolute atomic E-state index is 13.3. The average molecular weight is 564 g/mol. The summed E-state index contributed by atoms with van der Waals surface area (Å²) in [6.45, 7) is 6.22. The quantitative estimate of drug-likeness (QED) is 0.329. The van der Waals surface area contributed by atoms with E-state index >= 15 is 0 Å². The van der Waals surface area contributed by atoms with E-state index in [4.69, 9.17) is 21.3 Å². The zero-order valence-corrected chi connectivity index (χ0v) is 24.3. The van der Waals surface area contributed by atoms with Crippen LogP contribution in [0.15, 0.2) is 71.7 Å². The molecule has 10 heteroatoms. The molecule has 0 spiro atoms. The number of methoxy groups -OCH3 is 1. The van der Waals surface area contributed by atoms with E-state index in [0.717, 1.165) is 39.0 Å². The van der Waals surface area contributed by atoms with Gasteiger partial charge in [0.05, 0.1) is 31.4 Å². The van der Waals surface area contributed by atoms with Crippen LogP contribution in [0.4, 0.5) is 5.69 Å². The fourth-order valence-corrected chi connectivity index (χ4v) is 6.28. The van der Waals surface area contributed by atoms with Crippen LogP contribution in [0.1, 0.15) is 30.0 Å². The molecule has 3 aromatic carbocycles. The molecule has 3 aromatic rings. The van der Waals surface area contributed by atoms with E-state index in [-0.39, 0.29) is 30.7 Å². The van der Waals surface area contributed by atoms with Gasteiger partial charge in [-0.15, -0.1) is 0 Å². The van der Waals surface area contributed by atoms with Crippen molar-refractivity contribution < 1.29 is 14.3 Å². The van der Waals surface area contributed by atoms with Gasteiger partial charge in [0.2, 0.25) is 14.2 Å². The minimum absolute atomic E-state index is 0.0267. The first-order valence-corrected chi connectivity index (χ1v) is 16.4. The number of rotatable bonds is 7.